The first-order chi connectivity index (χ1) is 7.15. The summed E-state index contributed by atoms with van der Waals surface area (Å²) in [6.45, 7) is 0. The first-order valence-electron chi connectivity index (χ1n) is 4.39. The van der Waals surface area contributed by atoms with E-state index in [9.17, 15) is 0 Å². The van der Waals surface area contributed by atoms with Gasteiger partial charge in [-0.05, 0) is 61.0 Å². The summed E-state index contributed by atoms with van der Waals surface area (Å²) in [6, 6.07) is 6.38. The summed E-state index contributed by atoms with van der Waals surface area (Å²) >= 11 is 10.3. The van der Waals surface area contributed by atoms with Crippen molar-refractivity contribution in [1.82, 2.24) is 0 Å². The average molecular weight is 367 g/mol. The van der Waals surface area contributed by atoms with Gasteiger partial charge in [-0.25, -0.2) is 0 Å². The Kier molecular flexibility index (Phi) is 4.01. The molecule has 0 fully saturated rings. The van der Waals surface area contributed by atoms with E-state index in [1.807, 2.05) is 0 Å². The van der Waals surface area contributed by atoms with Gasteiger partial charge in [-0.3, -0.25) is 0 Å². The smallest absolute Gasteiger partial charge is 0.0701 e. The number of thiophene rings is 2. The van der Waals surface area contributed by atoms with E-state index >= 15 is 0 Å². The van der Waals surface area contributed by atoms with Crippen LogP contribution in [0.3, 0.4) is 0 Å². The van der Waals surface area contributed by atoms with Crippen molar-refractivity contribution in [3.05, 3.63) is 41.6 Å². The second kappa shape index (κ2) is 5.10. The van der Waals surface area contributed by atoms with Crippen molar-refractivity contribution in [1.29, 1.82) is 0 Å². The van der Waals surface area contributed by atoms with Crippen molar-refractivity contribution in [3.63, 3.8) is 0 Å². The minimum absolute atomic E-state index is 0.0955. The molecule has 2 aromatic rings. The molecule has 2 N–H and O–H groups in total. The third kappa shape index (κ3) is 3.14. The zero-order valence-corrected chi connectivity index (χ0v) is 12.5. The lowest BCUT2D eigenvalue weighted by Crippen LogP contribution is -2.11. The quantitative estimate of drug-likeness (QED) is 0.845. The molecule has 0 aliphatic rings. The summed E-state index contributed by atoms with van der Waals surface area (Å²) in [5.41, 5.74) is 7.33. The monoisotopic (exact) mass is 365 g/mol. The summed E-state index contributed by atoms with van der Waals surface area (Å²) < 4.78 is 2.30. The van der Waals surface area contributed by atoms with Gasteiger partial charge in [-0.1, -0.05) is 0 Å². The Labute approximate surface area is 114 Å². The fourth-order valence-electron chi connectivity index (χ4n) is 1.31. The molecule has 0 aliphatic carbocycles. The lowest BCUT2D eigenvalue weighted by Gasteiger charge is -2.07. The average Bonchev–Trinajstić information content (AvgIpc) is 2.75. The van der Waals surface area contributed by atoms with Crippen LogP contribution in [0.2, 0.25) is 0 Å². The van der Waals surface area contributed by atoms with Crippen LogP contribution in [-0.4, -0.2) is 0 Å². The van der Waals surface area contributed by atoms with E-state index < -0.39 is 0 Å². The molecule has 0 amide bonds. The largest absolute Gasteiger partial charge is 0.324 e. The zero-order valence-electron chi connectivity index (χ0n) is 7.74. The standard InChI is InChI=1S/C10H9Br2NS2/c11-9-2-1-7(15-9)4-8(13)6-3-10(12)14-5-6/h1-3,5,8H,4,13H2. The second-order valence-corrected chi connectivity index (χ2v) is 8.04. The molecule has 0 bridgehead atoms. The molecule has 2 rings (SSSR count). The minimum Gasteiger partial charge on any atom is -0.324 e. The molecule has 1 nitrogen and oxygen atoms in total. The molecule has 15 heavy (non-hydrogen) atoms. The van der Waals surface area contributed by atoms with Crippen LogP contribution in [0.15, 0.2) is 31.2 Å². The lowest BCUT2D eigenvalue weighted by molar-refractivity contribution is 0.733. The van der Waals surface area contributed by atoms with Crippen LogP contribution in [0.5, 0.6) is 0 Å². The van der Waals surface area contributed by atoms with Crippen molar-refractivity contribution < 1.29 is 0 Å². The number of rotatable bonds is 3. The molecule has 0 saturated carbocycles. The molecule has 2 heterocycles. The van der Waals surface area contributed by atoms with Gasteiger partial charge in [0, 0.05) is 17.3 Å². The number of halogens is 2. The predicted octanol–water partition coefficient (Wildman–Crippen LogP) is 4.58. The molecule has 1 atom stereocenters. The van der Waals surface area contributed by atoms with Crippen LogP contribution < -0.4 is 5.73 Å². The highest BCUT2D eigenvalue weighted by molar-refractivity contribution is 9.11. The van der Waals surface area contributed by atoms with Gasteiger partial charge in [0.25, 0.3) is 0 Å². The van der Waals surface area contributed by atoms with Crippen molar-refractivity contribution in [2.75, 3.05) is 0 Å². The van der Waals surface area contributed by atoms with Gasteiger partial charge in [0.1, 0.15) is 0 Å². The fourth-order valence-corrected chi connectivity index (χ4v) is 4.10. The molecule has 2 aromatic heterocycles. The van der Waals surface area contributed by atoms with E-state index in [4.69, 9.17) is 5.73 Å². The van der Waals surface area contributed by atoms with Crippen LogP contribution in [-0.2, 0) is 6.42 Å². The van der Waals surface area contributed by atoms with Gasteiger partial charge in [-0.2, -0.15) is 0 Å². The third-order valence-electron chi connectivity index (χ3n) is 2.07. The Morgan fingerprint density at radius 3 is 2.60 bits per heavy atom. The van der Waals surface area contributed by atoms with Gasteiger partial charge >= 0.3 is 0 Å². The molecule has 0 radical (unpaired) electrons. The zero-order chi connectivity index (χ0) is 10.8. The molecule has 1 unspecified atom stereocenters. The molecular weight excluding hydrogens is 358 g/mol. The second-order valence-electron chi connectivity index (χ2n) is 3.20. The van der Waals surface area contributed by atoms with E-state index in [1.54, 1.807) is 22.7 Å². The van der Waals surface area contributed by atoms with Gasteiger partial charge in [0.05, 0.1) is 7.57 Å². The van der Waals surface area contributed by atoms with Gasteiger partial charge in [-0.15, -0.1) is 22.7 Å². The summed E-state index contributed by atoms with van der Waals surface area (Å²) in [4.78, 5) is 1.32. The van der Waals surface area contributed by atoms with E-state index in [-0.39, 0.29) is 6.04 Å². The van der Waals surface area contributed by atoms with Crippen LogP contribution in [0.4, 0.5) is 0 Å². The maximum atomic E-state index is 6.13. The minimum atomic E-state index is 0.0955. The normalized spacial score (nSPS) is 13.0. The van der Waals surface area contributed by atoms with Gasteiger partial charge in [0.2, 0.25) is 0 Å². The molecule has 0 saturated heterocycles. The first kappa shape index (κ1) is 11.8. The van der Waals surface area contributed by atoms with Gasteiger partial charge < -0.3 is 5.73 Å². The van der Waals surface area contributed by atoms with Crippen LogP contribution >= 0.6 is 54.5 Å². The van der Waals surface area contributed by atoms with Gasteiger partial charge in [0.15, 0.2) is 0 Å². The summed E-state index contributed by atoms with van der Waals surface area (Å²) in [5, 5.41) is 2.11. The van der Waals surface area contributed by atoms with E-state index in [2.05, 4.69) is 55.4 Å². The third-order valence-corrected chi connectivity index (χ3v) is 5.23. The van der Waals surface area contributed by atoms with E-state index in [0.717, 1.165) is 14.0 Å². The maximum absolute atomic E-state index is 6.13. The molecule has 80 valence electrons. The highest BCUT2D eigenvalue weighted by Gasteiger charge is 2.10. The summed E-state index contributed by atoms with van der Waals surface area (Å²) in [6.07, 6.45) is 0.902. The van der Waals surface area contributed by atoms with E-state index in [0.29, 0.717) is 0 Å². The van der Waals surface area contributed by atoms with Crippen molar-refractivity contribution >= 4 is 54.5 Å². The molecule has 0 aromatic carbocycles. The Bertz CT molecular complexity index is 450. The van der Waals surface area contributed by atoms with Crippen molar-refractivity contribution in [3.8, 4) is 0 Å². The Morgan fingerprint density at radius 2 is 2.07 bits per heavy atom. The SMILES string of the molecule is NC(Cc1ccc(Br)s1)c1csc(Br)c1. The number of nitrogens with two attached hydrogens (primary N) is 1. The Morgan fingerprint density at radius 1 is 1.27 bits per heavy atom. The summed E-state index contributed by atoms with van der Waals surface area (Å²) in [5.74, 6) is 0. The van der Waals surface area contributed by atoms with Crippen molar-refractivity contribution in [2.45, 2.75) is 12.5 Å². The molecule has 0 aliphatic heterocycles. The topological polar surface area (TPSA) is 26.0 Å². The number of hydrogen-bond donors (Lipinski definition) is 1. The lowest BCUT2D eigenvalue weighted by atomic mass is 10.1. The highest BCUT2D eigenvalue weighted by atomic mass is 79.9. The Balaban J connectivity index is 2.06. The molecular formula is C10H9Br2NS2. The highest BCUT2D eigenvalue weighted by Crippen LogP contribution is 2.29. The van der Waals surface area contributed by atoms with Crippen molar-refractivity contribution in [2.24, 2.45) is 5.73 Å². The Hall–Kier alpha value is 0.320. The first-order valence-corrected chi connectivity index (χ1v) is 7.67. The molecule has 0 spiro atoms. The molecule has 5 heteroatoms. The fraction of sp³-hybridized carbons (Fsp3) is 0.200. The van der Waals surface area contributed by atoms with Crippen LogP contribution in [0.1, 0.15) is 16.5 Å². The van der Waals surface area contributed by atoms with E-state index in [1.165, 1.54) is 10.4 Å². The predicted molar refractivity (Wildman–Crippen MR) is 74.7 cm³/mol. The summed E-state index contributed by atoms with van der Waals surface area (Å²) in [7, 11) is 0. The van der Waals surface area contributed by atoms with Crippen LogP contribution in [0.25, 0.3) is 0 Å². The maximum Gasteiger partial charge on any atom is 0.0701 e. The number of hydrogen-bond acceptors (Lipinski definition) is 3. The van der Waals surface area contributed by atoms with Crippen LogP contribution in [0, 0.1) is 0 Å².